The Morgan fingerprint density at radius 3 is 2.68 bits per heavy atom. The quantitative estimate of drug-likeness (QED) is 0.873. The third-order valence-corrected chi connectivity index (χ3v) is 4.27. The van der Waals surface area contributed by atoms with Crippen LogP contribution in [-0.4, -0.2) is 28.8 Å². The third-order valence-electron chi connectivity index (χ3n) is 4.27. The molecule has 2 heterocycles. The second-order valence-electron chi connectivity index (χ2n) is 5.70. The molecule has 1 aliphatic rings. The Bertz CT molecular complexity index is 822. The molecule has 6 nitrogen and oxygen atoms in total. The molecular weight excluding hydrogens is 322 g/mol. The first-order valence-electron chi connectivity index (χ1n) is 8.01. The van der Waals surface area contributed by atoms with E-state index in [-0.39, 0.29) is 24.3 Å². The lowest BCUT2D eigenvalue weighted by Crippen LogP contribution is -2.30. The van der Waals surface area contributed by atoms with Gasteiger partial charge < -0.3 is 19.2 Å². The smallest absolute Gasteiger partial charge is 0.290 e. The minimum absolute atomic E-state index is 0.0809. The van der Waals surface area contributed by atoms with Crippen molar-refractivity contribution < 1.29 is 23.8 Å². The van der Waals surface area contributed by atoms with E-state index in [2.05, 4.69) is 0 Å². The Balaban J connectivity index is 2.03. The first-order chi connectivity index (χ1) is 12.1. The average molecular weight is 341 g/mol. The number of carbonyl (C=O) groups is 2. The Morgan fingerprint density at radius 1 is 1.28 bits per heavy atom. The van der Waals surface area contributed by atoms with Gasteiger partial charge in [0, 0.05) is 12.0 Å². The molecule has 25 heavy (non-hydrogen) atoms. The minimum atomic E-state index is -0.750. The van der Waals surface area contributed by atoms with Crippen molar-refractivity contribution in [2.75, 3.05) is 7.11 Å². The fraction of sp³-hybridized carbons (Fsp3) is 0.263. The molecule has 1 N–H and O–H groups in total. The van der Waals surface area contributed by atoms with Crippen LogP contribution in [0, 0.1) is 0 Å². The highest BCUT2D eigenvalue weighted by molar-refractivity contribution is 6.08. The summed E-state index contributed by atoms with van der Waals surface area (Å²) in [6, 6.07) is 9.93. The van der Waals surface area contributed by atoms with Crippen molar-refractivity contribution in [3.05, 3.63) is 65.3 Å². The van der Waals surface area contributed by atoms with Crippen LogP contribution in [0.15, 0.2) is 58.4 Å². The molecule has 1 aromatic carbocycles. The fourth-order valence-corrected chi connectivity index (χ4v) is 3.05. The second kappa shape index (κ2) is 6.84. The molecule has 1 aliphatic heterocycles. The van der Waals surface area contributed by atoms with Gasteiger partial charge in [-0.15, -0.1) is 0 Å². The molecule has 2 aromatic rings. The van der Waals surface area contributed by atoms with Crippen LogP contribution in [0.2, 0.25) is 0 Å². The van der Waals surface area contributed by atoms with Crippen molar-refractivity contribution in [2.24, 2.45) is 0 Å². The Hall–Kier alpha value is -3.02. The molecule has 1 unspecified atom stereocenters. The molecule has 1 amide bonds. The van der Waals surface area contributed by atoms with Crippen LogP contribution in [-0.2, 0) is 16.1 Å². The SMILES string of the molecule is CCC(=O)C1=C(O)C(=O)N(Cc2ccccc2OC)C1c1ccco1. The summed E-state index contributed by atoms with van der Waals surface area (Å²) >= 11 is 0. The molecule has 0 fully saturated rings. The normalized spacial score (nSPS) is 17.3. The summed E-state index contributed by atoms with van der Waals surface area (Å²) in [5.41, 5.74) is 0.852. The highest BCUT2D eigenvalue weighted by Crippen LogP contribution is 2.40. The number of hydrogen-bond donors (Lipinski definition) is 1. The molecular formula is C19H19NO5. The van der Waals surface area contributed by atoms with Crippen LogP contribution >= 0.6 is 0 Å². The van der Waals surface area contributed by atoms with Gasteiger partial charge in [-0.25, -0.2) is 0 Å². The van der Waals surface area contributed by atoms with Gasteiger partial charge in [0.2, 0.25) is 0 Å². The highest BCUT2D eigenvalue weighted by atomic mass is 16.5. The van der Waals surface area contributed by atoms with E-state index in [9.17, 15) is 14.7 Å². The summed E-state index contributed by atoms with van der Waals surface area (Å²) in [6.45, 7) is 1.87. The van der Waals surface area contributed by atoms with Crippen molar-refractivity contribution in [2.45, 2.75) is 25.9 Å². The van der Waals surface area contributed by atoms with E-state index in [0.717, 1.165) is 5.56 Å². The zero-order chi connectivity index (χ0) is 18.0. The summed E-state index contributed by atoms with van der Waals surface area (Å²) < 4.78 is 10.8. The lowest BCUT2D eigenvalue weighted by Gasteiger charge is -2.25. The molecule has 0 saturated carbocycles. The minimum Gasteiger partial charge on any atom is -0.503 e. The van der Waals surface area contributed by atoms with Gasteiger partial charge in [0.15, 0.2) is 11.5 Å². The fourth-order valence-electron chi connectivity index (χ4n) is 3.05. The Kier molecular flexibility index (Phi) is 4.61. The molecule has 1 atom stereocenters. The van der Waals surface area contributed by atoms with Crippen molar-refractivity contribution in [3.63, 3.8) is 0 Å². The molecule has 3 rings (SSSR count). The third kappa shape index (κ3) is 2.91. The molecule has 0 aliphatic carbocycles. The van der Waals surface area contributed by atoms with E-state index in [4.69, 9.17) is 9.15 Å². The van der Waals surface area contributed by atoms with Crippen LogP contribution in [0.3, 0.4) is 0 Å². The maximum atomic E-state index is 12.6. The highest BCUT2D eigenvalue weighted by Gasteiger charge is 2.44. The maximum absolute atomic E-state index is 12.6. The summed E-state index contributed by atoms with van der Waals surface area (Å²) in [5, 5.41) is 10.3. The topological polar surface area (TPSA) is 80.0 Å². The van der Waals surface area contributed by atoms with Crippen molar-refractivity contribution in [3.8, 4) is 5.75 Å². The van der Waals surface area contributed by atoms with Gasteiger partial charge in [-0.1, -0.05) is 25.1 Å². The van der Waals surface area contributed by atoms with Gasteiger partial charge in [-0.05, 0) is 18.2 Å². The number of Topliss-reactive ketones (excluding diaryl/α,β-unsaturated/α-hetero) is 1. The number of methoxy groups -OCH3 is 1. The molecule has 1 aromatic heterocycles. The monoisotopic (exact) mass is 341 g/mol. The van der Waals surface area contributed by atoms with Gasteiger partial charge in [0.05, 0.1) is 25.5 Å². The van der Waals surface area contributed by atoms with E-state index in [1.54, 1.807) is 32.2 Å². The van der Waals surface area contributed by atoms with Gasteiger partial charge in [0.1, 0.15) is 17.6 Å². The number of rotatable bonds is 6. The van der Waals surface area contributed by atoms with Crippen LogP contribution in [0.4, 0.5) is 0 Å². The number of ether oxygens (including phenoxy) is 1. The summed E-state index contributed by atoms with van der Waals surface area (Å²) in [7, 11) is 1.55. The first-order valence-corrected chi connectivity index (χ1v) is 8.01. The van der Waals surface area contributed by atoms with Crippen LogP contribution in [0.1, 0.15) is 30.7 Å². The standard InChI is InChI=1S/C19H19NO5/c1-3-13(21)16-17(15-9-6-10-25-15)20(19(23)18(16)22)11-12-7-4-5-8-14(12)24-2/h4-10,17,22H,3,11H2,1-2H3. The van der Waals surface area contributed by atoms with E-state index in [0.29, 0.717) is 11.5 Å². The average Bonchev–Trinajstić information content (AvgIpc) is 3.24. The largest absolute Gasteiger partial charge is 0.503 e. The van der Waals surface area contributed by atoms with E-state index >= 15 is 0 Å². The molecule has 0 bridgehead atoms. The van der Waals surface area contributed by atoms with Crippen molar-refractivity contribution in [1.29, 1.82) is 0 Å². The van der Waals surface area contributed by atoms with Gasteiger partial charge >= 0.3 is 0 Å². The molecule has 6 heteroatoms. The summed E-state index contributed by atoms with van der Waals surface area (Å²) in [4.78, 5) is 26.4. The van der Waals surface area contributed by atoms with Gasteiger partial charge in [-0.3, -0.25) is 9.59 Å². The molecule has 0 spiro atoms. The number of carbonyl (C=O) groups excluding carboxylic acids is 2. The molecule has 0 saturated heterocycles. The van der Waals surface area contributed by atoms with E-state index in [1.807, 2.05) is 18.2 Å². The molecule has 130 valence electrons. The number of amides is 1. The second-order valence-corrected chi connectivity index (χ2v) is 5.70. The zero-order valence-corrected chi connectivity index (χ0v) is 14.1. The number of aliphatic hydroxyl groups is 1. The van der Waals surface area contributed by atoms with Gasteiger partial charge in [-0.2, -0.15) is 0 Å². The lowest BCUT2D eigenvalue weighted by molar-refractivity contribution is -0.130. The van der Waals surface area contributed by atoms with E-state index in [1.165, 1.54) is 11.2 Å². The first kappa shape index (κ1) is 16.8. The van der Waals surface area contributed by atoms with Crippen molar-refractivity contribution in [1.82, 2.24) is 4.90 Å². The predicted molar refractivity (Wildman–Crippen MR) is 89.9 cm³/mol. The van der Waals surface area contributed by atoms with Gasteiger partial charge in [0.25, 0.3) is 5.91 Å². The Labute approximate surface area is 145 Å². The summed E-state index contributed by atoms with van der Waals surface area (Å²) in [6.07, 6.45) is 1.66. The number of aliphatic hydroxyl groups excluding tert-OH is 1. The number of nitrogens with zero attached hydrogens (tertiary/aromatic N) is 1. The lowest BCUT2D eigenvalue weighted by atomic mass is 9.99. The predicted octanol–water partition coefficient (Wildman–Crippen LogP) is 3.16. The Morgan fingerprint density at radius 2 is 2.04 bits per heavy atom. The van der Waals surface area contributed by atoms with Crippen LogP contribution < -0.4 is 4.74 Å². The molecule has 0 radical (unpaired) electrons. The maximum Gasteiger partial charge on any atom is 0.290 e. The number of ketones is 1. The van der Waals surface area contributed by atoms with Crippen LogP contribution in [0.5, 0.6) is 5.75 Å². The number of benzene rings is 1. The number of para-hydroxylation sites is 1. The summed E-state index contributed by atoms with van der Waals surface area (Å²) in [5.74, 6) is -0.325. The zero-order valence-electron chi connectivity index (χ0n) is 14.1. The van der Waals surface area contributed by atoms with Crippen molar-refractivity contribution >= 4 is 11.7 Å². The number of furan rings is 1. The van der Waals surface area contributed by atoms with E-state index < -0.39 is 17.7 Å². The number of hydrogen-bond acceptors (Lipinski definition) is 5. The van der Waals surface area contributed by atoms with Crippen LogP contribution in [0.25, 0.3) is 0 Å².